The third-order valence-electron chi connectivity index (χ3n) is 3.53. The van der Waals surface area contributed by atoms with Gasteiger partial charge in [0.05, 0.1) is 17.0 Å². The molecule has 0 aliphatic heterocycles. The Labute approximate surface area is 127 Å². The zero-order valence-corrected chi connectivity index (χ0v) is 12.0. The maximum atomic E-state index is 12.3. The van der Waals surface area contributed by atoms with Crippen molar-refractivity contribution in [3.8, 4) is 6.07 Å². The highest BCUT2D eigenvalue weighted by molar-refractivity contribution is 5.79. The molecule has 1 heterocycles. The van der Waals surface area contributed by atoms with Gasteiger partial charge in [-0.2, -0.15) is 5.26 Å². The fraction of sp³-hybridized carbons (Fsp3) is 0.0526. The van der Waals surface area contributed by atoms with E-state index in [-0.39, 0.29) is 5.43 Å². The minimum absolute atomic E-state index is 0.0127. The molecule has 0 atom stereocenters. The number of nitrogens with zero attached hydrogens (tertiary/aromatic N) is 1. The molecule has 0 saturated carbocycles. The number of fused-ring (bicyclic) bond motifs is 1. The van der Waals surface area contributed by atoms with E-state index in [2.05, 4.69) is 6.07 Å². The smallest absolute Gasteiger partial charge is 0.196 e. The van der Waals surface area contributed by atoms with Crippen LogP contribution in [0.3, 0.4) is 0 Å². The molecule has 3 aromatic rings. The van der Waals surface area contributed by atoms with Crippen LogP contribution in [0, 0.1) is 18.3 Å². The molecule has 3 rings (SSSR count). The Morgan fingerprint density at radius 1 is 1.05 bits per heavy atom. The summed E-state index contributed by atoms with van der Waals surface area (Å²) in [5.41, 5.74) is 2.71. The average molecular weight is 287 g/mol. The second-order valence-electron chi connectivity index (χ2n) is 4.98. The molecule has 0 bridgehead atoms. The van der Waals surface area contributed by atoms with Crippen LogP contribution in [0.1, 0.15) is 22.5 Å². The van der Waals surface area contributed by atoms with Crippen molar-refractivity contribution in [3.63, 3.8) is 0 Å². The van der Waals surface area contributed by atoms with Gasteiger partial charge in [-0.15, -0.1) is 0 Å². The Hall–Kier alpha value is -3.12. The lowest BCUT2D eigenvalue weighted by Gasteiger charge is -2.03. The van der Waals surface area contributed by atoms with Crippen molar-refractivity contribution in [2.75, 3.05) is 0 Å². The quantitative estimate of drug-likeness (QED) is 0.711. The number of nitriles is 1. The van der Waals surface area contributed by atoms with E-state index >= 15 is 0 Å². The summed E-state index contributed by atoms with van der Waals surface area (Å²) in [6.07, 6.45) is 3.64. The molecule has 0 spiro atoms. The highest BCUT2D eigenvalue weighted by atomic mass is 16.3. The summed E-state index contributed by atoms with van der Waals surface area (Å²) in [6, 6.07) is 16.5. The lowest BCUT2D eigenvalue weighted by Crippen LogP contribution is -2.06. The molecule has 0 amide bonds. The third kappa shape index (κ3) is 2.55. The van der Waals surface area contributed by atoms with Crippen LogP contribution >= 0.6 is 0 Å². The van der Waals surface area contributed by atoms with Crippen molar-refractivity contribution in [3.05, 3.63) is 81.2 Å². The molecule has 0 fully saturated rings. The summed E-state index contributed by atoms with van der Waals surface area (Å²) in [5, 5.41) is 9.38. The molecule has 2 aromatic carbocycles. The minimum atomic E-state index is -0.0127. The molecule has 0 N–H and O–H groups in total. The van der Waals surface area contributed by atoms with E-state index in [0.29, 0.717) is 27.9 Å². The van der Waals surface area contributed by atoms with Crippen molar-refractivity contribution >= 4 is 23.1 Å². The summed E-state index contributed by atoms with van der Waals surface area (Å²) >= 11 is 0. The number of benzene rings is 2. The number of rotatable bonds is 2. The first-order valence-corrected chi connectivity index (χ1v) is 6.90. The van der Waals surface area contributed by atoms with Crippen molar-refractivity contribution in [1.82, 2.24) is 0 Å². The Kier molecular flexibility index (Phi) is 3.59. The van der Waals surface area contributed by atoms with Crippen LogP contribution in [0.5, 0.6) is 0 Å². The molecule has 3 nitrogen and oxygen atoms in total. The summed E-state index contributed by atoms with van der Waals surface area (Å²) in [5.74, 6) is 0.549. The first-order chi connectivity index (χ1) is 10.7. The van der Waals surface area contributed by atoms with E-state index in [1.54, 1.807) is 37.3 Å². The molecule has 106 valence electrons. The summed E-state index contributed by atoms with van der Waals surface area (Å²) in [4.78, 5) is 12.3. The molecule has 0 aliphatic rings. The van der Waals surface area contributed by atoms with E-state index in [4.69, 9.17) is 9.68 Å². The van der Waals surface area contributed by atoms with Crippen molar-refractivity contribution in [2.24, 2.45) is 0 Å². The lowest BCUT2D eigenvalue weighted by molar-refractivity contribution is 0.585. The Bertz CT molecular complexity index is 957. The number of para-hydroxylation sites is 1. The molecular formula is C19H13NO2. The van der Waals surface area contributed by atoms with E-state index in [1.807, 2.05) is 30.3 Å². The monoisotopic (exact) mass is 287 g/mol. The third-order valence-corrected chi connectivity index (χ3v) is 3.53. The molecule has 3 heteroatoms. The standard InChI is InChI=1S/C19H13NO2/c1-13-17(11-10-14-6-8-15(12-20)9-7-14)22-18-5-3-2-4-16(18)19(13)21/h2-11H,1H3. The van der Waals surface area contributed by atoms with Crippen LogP contribution < -0.4 is 5.43 Å². The van der Waals surface area contributed by atoms with Gasteiger partial charge in [-0.1, -0.05) is 30.3 Å². The first-order valence-electron chi connectivity index (χ1n) is 6.90. The largest absolute Gasteiger partial charge is 0.456 e. The van der Waals surface area contributed by atoms with Gasteiger partial charge in [0.15, 0.2) is 5.43 Å². The van der Waals surface area contributed by atoms with Crippen LogP contribution in [-0.4, -0.2) is 0 Å². The highest BCUT2D eigenvalue weighted by Crippen LogP contribution is 2.17. The lowest BCUT2D eigenvalue weighted by atomic mass is 10.1. The second kappa shape index (κ2) is 5.71. The first kappa shape index (κ1) is 13.8. The van der Waals surface area contributed by atoms with Gasteiger partial charge in [0.1, 0.15) is 11.3 Å². The zero-order chi connectivity index (χ0) is 15.5. The molecule has 0 aliphatic carbocycles. The van der Waals surface area contributed by atoms with Gasteiger partial charge in [-0.25, -0.2) is 0 Å². The van der Waals surface area contributed by atoms with Crippen LogP contribution in [-0.2, 0) is 0 Å². The SMILES string of the molecule is Cc1c(C=Cc2ccc(C#N)cc2)oc2ccccc2c1=O. The van der Waals surface area contributed by atoms with E-state index < -0.39 is 0 Å². The maximum absolute atomic E-state index is 12.3. The van der Waals surface area contributed by atoms with E-state index in [9.17, 15) is 4.79 Å². The molecule has 22 heavy (non-hydrogen) atoms. The van der Waals surface area contributed by atoms with Crippen molar-refractivity contribution in [2.45, 2.75) is 6.92 Å². The van der Waals surface area contributed by atoms with Gasteiger partial charge < -0.3 is 4.42 Å². The van der Waals surface area contributed by atoms with Gasteiger partial charge in [-0.05, 0) is 42.8 Å². The Morgan fingerprint density at radius 2 is 1.77 bits per heavy atom. The molecule has 0 saturated heterocycles. The second-order valence-corrected chi connectivity index (χ2v) is 4.98. The molecular weight excluding hydrogens is 274 g/mol. The maximum Gasteiger partial charge on any atom is 0.196 e. The van der Waals surface area contributed by atoms with E-state index in [0.717, 1.165) is 5.56 Å². The van der Waals surface area contributed by atoms with Crippen LogP contribution in [0.25, 0.3) is 23.1 Å². The van der Waals surface area contributed by atoms with E-state index in [1.165, 1.54) is 0 Å². The Balaban J connectivity index is 2.03. The zero-order valence-electron chi connectivity index (χ0n) is 12.0. The van der Waals surface area contributed by atoms with Crippen LogP contribution in [0.15, 0.2) is 57.7 Å². The van der Waals surface area contributed by atoms with Gasteiger partial charge >= 0.3 is 0 Å². The summed E-state index contributed by atoms with van der Waals surface area (Å²) < 4.78 is 5.80. The van der Waals surface area contributed by atoms with Crippen LogP contribution in [0.2, 0.25) is 0 Å². The normalized spacial score (nSPS) is 10.9. The number of hydrogen-bond acceptors (Lipinski definition) is 3. The van der Waals surface area contributed by atoms with Crippen molar-refractivity contribution < 1.29 is 4.42 Å². The van der Waals surface area contributed by atoms with Gasteiger partial charge in [0.25, 0.3) is 0 Å². The highest BCUT2D eigenvalue weighted by Gasteiger charge is 2.07. The Morgan fingerprint density at radius 3 is 2.50 bits per heavy atom. The van der Waals surface area contributed by atoms with Crippen LogP contribution in [0.4, 0.5) is 0 Å². The predicted molar refractivity (Wildman–Crippen MR) is 87.3 cm³/mol. The fourth-order valence-electron chi connectivity index (χ4n) is 2.25. The van der Waals surface area contributed by atoms with Crippen molar-refractivity contribution in [1.29, 1.82) is 5.26 Å². The molecule has 0 unspecified atom stereocenters. The number of hydrogen-bond donors (Lipinski definition) is 0. The van der Waals surface area contributed by atoms with Gasteiger partial charge in [-0.3, -0.25) is 4.79 Å². The minimum Gasteiger partial charge on any atom is -0.456 e. The molecule has 0 radical (unpaired) electrons. The summed E-state index contributed by atoms with van der Waals surface area (Å²) in [6.45, 7) is 1.76. The van der Waals surface area contributed by atoms with Gasteiger partial charge in [0.2, 0.25) is 0 Å². The average Bonchev–Trinajstić information content (AvgIpc) is 2.57. The summed E-state index contributed by atoms with van der Waals surface area (Å²) in [7, 11) is 0. The fourth-order valence-corrected chi connectivity index (χ4v) is 2.25. The predicted octanol–water partition coefficient (Wildman–Crippen LogP) is 4.14. The molecule has 1 aromatic heterocycles. The topological polar surface area (TPSA) is 54.0 Å². The van der Waals surface area contributed by atoms with Gasteiger partial charge in [0, 0.05) is 5.56 Å².